The SMILES string of the molecule is CCC1CCN(C(=O)CC2(OC)CCC2)C(CN)C1. The van der Waals surface area contributed by atoms with E-state index in [0.717, 1.165) is 38.1 Å². The summed E-state index contributed by atoms with van der Waals surface area (Å²) < 4.78 is 5.57. The highest BCUT2D eigenvalue weighted by atomic mass is 16.5. The third-order valence-electron chi connectivity index (χ3n) is 5.17. The number of nitrogens with two attached hydrogens (primary N) is 1. The summed E-state index contributed by atoms with van der Waals surface area (Å²) in [6.07, 6.45) is 7.15. The first-order chi connectivity index (χ1) is 9.14. The smallest absolute Gasteiger partial charge is 0.225 e. The van der Waals surface area contributed by atoms with Crippen molar-refractivity contribution >= 4 is 5.91 Å². The highest BCUT2D eigenvalue weighted by molar-refractivity contribution is 5.78. The van der Waals surface area contributed by atoms with Gasteiger partial charge < -0.3 is 15.4 Å². The van der Waals surface area contributed by atoms with E-state index in [-0.39, 0.29) is 17.6 Å². The lowest BCUT2D eigenvalue weighted by Crippen LogP contribution is -2.52. The lowest BCUT2D eigenvalue weighted by Gasteiger charge is -2.44. The van der Waals surface area contributed by atoms with Crippen LogP contribution in [0.15, 0.2) is 0 Å². The average molecular weight is 268 g/mol. The standard InChI is InChI=1S/C15H28N2O2/c1-3-12-5-8-17(13(9-12)11-16)14(18)10-15(19-2)6-4-7-15/h12-13H,3-11,16H2,1-2H3. The maximum absolute atomic E-state index is 12.5. The zero-order valence-corrected chi connectivity index (χ0v) is 12.4. The third-order valence-corrected chi connectivity index (χ3v) is 5.17. The van der Waals surface area contributed by atoms with Gasteiger partial charge in [0.1, 0.15) is 0 Å². The molecule has 1 aliphatic carbocycles. The first-order valence-corrected chi connectivity index (χ1v) is 7.69. The Morgan fingerprint density at radius 2 is 2.21 bits per heavy atom. The van der Waals surface area contributed by atoms with Gasteiger partial charge in [-0.3, -0.25) is 4.79 Å². The maximum Gasteiger partial charge on any atom is 0.225 e. The van der Waals surface area contributed by atoms with Crippen LogP contribution in [0.3, 0.4) is 0 Å². The molecule has 1 aliphatic heterocycles. The zero-order valence-electron chi connectivity index (χ0n) is 12.4. The van der Waals surface area contributed by atoms with E-state index in [2.05, 4.69) is 6.92 Å². The van der Waals surface area contributed by atoms with Crippen molar-refractivity contribution in [1.29, 1.82) is 0 Å². The first-order valence-electron chi connectivity index (χ1n) is 7.69. The molecule has 4 nitrogen and oxygen atoms in total. The minimum atomic E-state index is -0.169. The molecule has 2 fully saturated rings. The van der Waals surface area contributed by atoms with Crippen molar-refractivity contribution < 1.29 is 9.53 Å². The highest BCUT2D eigenvalue weighted by Gasteiger charge is 2.41. The molecule has 0 radical (unpaired) electrons. The molecule has 0 spiro atoms. The van der Waals surface area contributed by atoms with Crippen LogP contribution in [0.1, 0.15) is 51.9 Å². The number of ether oxygens (including phenoxy) is 1. The number of nitrogens with zero attached hydrogens (tertiary/aromatic N) is 1. The van der Waals surface area contributed by atoms with Crippen molar-refractivity contribution in [2.75, 3.05) is 20.2 Å². The topological polar surface area (TPSA) is 55.6 Å². The number of amides is 1. The van der Waals surface area contributed by atoms with Crippen molar-refractivity contribution in [2.45, 2.75) is 63.5 Å². The predicted octanol–water partition coefficient (Wildman–Crippen LogP) is 1.92. The molecule has 110 valence electrons. The molecule has 1 amide bonds. The summed E-state index contributed by atoms with van der Waals surface area (Å²) in [5.74, 6) is 0.976. The number of likely N-dealkylation sites (tertiary alicyclic amines) is 1. The molecule has 0 aromatic rings. The lowest BCUT2D eigenvalue weighted by molar-refractivity contribution is -0.148. The van der Waals surface area contributed by atoms with Gasteiger partial charge in [-0.2, -0.15) is 0 Å². The van der Waals surface area contributed by atoms with E-state index in [1.807, 2.05) is 4.90 Å². The van der Waals surface area contributed by atoms with Gasteiger partial charge in [0, 0.05) is 26.2 Å². The number of piperidine rings is 1. The summed E-state index contributed by atoms with van der Waals surface area (Å²) in [5.41, 5.74) is 5.70. The summed E-state index contributed by atoms with van der Waals surface area (Å²) in [5, 5.41) is 0. The monoisotopic (exact) mass is 268 g/mol. The van der Waals surface area contributed by atoms with Crippen LogP contribution in [0.2, 0.25) is 0 Å². The van der Waals surface area contributed by atoms with Crippen LogP contribution in [-0.4, -0.2) is 42.6 Å². The van der Waals surface area contributed by atoms with Gasteiger partial charge in [0.15, 0.2) is 0 Å². The van der Waals surface area contributed by atoms with E-state index in [9.17, 15) is 4.79 Å². The second kappa shape index (κ2) is 6.23. The summed E-state index contributed by atoms with van der Waals surface area (Å²) in [6, 6.07) is 0.236. The maximum atomic E-state index is 12.5. The van der Waals surface area contributed by atoms with Crippen molar-refractivity contribution in [3.05, 3.63) is 0 Å². The van der Waals surface area contributed by atoms with Gasteiger partial charge in [-0.05, 0) is 38.0 Å². The molecule has 2 atom stereocenters. The molecule has 1 saturated carbocycles. The Morgan fingerprint density at radius 3 is 2.68 bits per heavy atom. The van der Waals surface area contributed by atoms with Gasteiger partial charge in [-0.15, -0.1) is 0 Å². The molecule has 0 aromatic heterocycles. The van der Waals surface area contributed by atoms with Gasteiger partial charge in [0.25, 0.3) is 0 Å². The van der Waals surface area contributed by atoms with Crippen LogP contribution in [-0.2, 0) is 9.53 Å². The number of carbonyl (C=O) groups excluding carboxylic acids is 1. The lowest BCUT2D eigenvalue weighted by atomic mass is 9.77. The largest absolute Gasteiger partial charge is 0.378 e. The number of methoxy groups -OCH3 is 1. The fourth-order valence-corrected chi connectivity index (χ4v) is 3.46. The Morgan fingerprint density at radius 1 is 1.47 bits per heavy atom. The van der Waals surface area contributed by atoms with Gasteiger partial charge in [-0.25, -0.2) is 0 Å². The van der Waals surface area contributed by atoms with E-state index in [4.69, 9.17) is 10.5 Å². The second-order valence-corrected chi connectivity index (χ2v) is 6.19. The molecular formula is C15H28N2O2. The molecule has 2 rings (SSSR count). The van der Waals surface area contributed by atoms with Crippen LogP contribution in [0.4, 0.5) is 0 Å². The average Bonchev–Trinajstić information content (AvgIpc) is 2.41. The molecule has 4 heteroatoms. The van der Waals surface area contributed by atoms with Crippen molar-refractivity contribution in [2.24, 2.45) is 11.7 Å². The molecule has 2 N–H and O–H groups in total. The van der Waals surface area contributed by atoms with Crippen molar-refractivity contribution in [1.82, 2.24) is 4.90 Å². The Balaban J connectivity index is 1.94. The Bertz CT molecular complexity index is 310. The summed E-state index contributed by atoms with van der Waals surface area (Å²) >= 11 is 0. The fraction of sp³-hybridized carbons (Fsp3) is 0.933. The fourth-order valence-electron chi connectivity index (χ4n) is 3.46. The number of rotatable bonds is 5. The molecule has 2 aliphatic rings. The summed E-state index contributed by atoms with van der Waals surface area (Å²) in [7, 11) is 1.73. The number of hydrogen-bond donors (Lipinski definition) is 1. The number of hydrogen-bond acceptors (Lipinski definition) is 3. The minimum absolute atomic E-state index is 0.169. The van der Waals surface area contributed by atoms with Crippen molar-refractivity contribution in [3.8, 4) is 0 Å². The molecule has 0 aromatic carbocycles. The molecule has 19 heavy (non-hydrogen) atoms. The second-order valence-electron chi connectivity index (χ2n) is 6.19. The Hall–Kier alpha value is -0.610. The van der Waals surface area contributed by atoms with E-state index >= 15 is 0 Å². The minimum Gasteiger partial charge on any atom is -0.378 e. The Kier molecular flexibility index (Phi) is 4.85. The summed E-state index contributed by atoms with van der Waals surface area (Å²) in [6.45, 7) is 3.69. The van der Waals surface area contributed by atoms with E-state index in [1.165, 1.54) is 12.8 Å². The van der Waals surface area contributed by atoms with Gasteiger partial charge in [0.05, 0.1) is 12.0 Å². The molecule has 1 heterocycles. The van der Waals surface area contributed by atoms with Crippen LogP contribution >= 0.6 is 0 Å². The summed E-state index contributed by atoms with van der Waals surface area (Å²) in [4.78, 5) is 14.5. The third kappa shape index (κ3) is 3.11. The van der Waals surface area contributed by atoms with Gasteiger partial charge in [-0.1, -0.05) is 13.3 Å². The van der Waals surface area contributed by atoms with Crippen LogP contribution in [0.5, 0.6) is 0 Å². The quantitative estimate of drug-likeness (QED) is 0.829. The Labute approximate surface area is 116 Å². The highest BCUT2D eigenvalue weighted by Crippen LogP contribution is 2.39. The van der Waals surface area contributed by atoms with Crippen molar-refractivity contribution in [3.63, 3.8) is 0 Å². The zero-order chi connectivity index (χ0) is 13.9. The normalized spacial score (nSPS) is 29.9. The molecule has 0 bridgehead atoms. The van der Waals surface area contributed by atoms with Crippen LogP contribution in [0, 0.1) is 5.92 Å². The van der Waals surface area contributed by atoms with Gasteiger partial charge >= 0.3 is 0 Å². The predicted molar refractivity (Wildman–Crippen MR) is 75.8 cm³/mol. The molecular weight excluding hydrogens is 240 g/mol. The van der Waals surface area contributed by atoms with E-state index in [1.54, 1.807) is 7.11 Å². The molecule has 1 saturated heterocycles. The van der Waals surface area contributed by atoms with Gasteiger partial charge in [0.2, 0.25) is 5.91 Å². The number of carbonyl (C=O) groups is 1. The first kappa shape index (κ1) is 14.8. The van der Waals surface area contributed by atoms with Crippen LogP contribution in [0.25, 0.3) is 0 Å². The van der Waals surface area contributed by atoms with Crippen LogP contribution < -0.4 is 5.73 Å². The molecule has 2 unspecified atom stereocenters. The van der Waals surface area contributed by atoms with E-state index in [0.29, 0.717) is 13.0 Å². The van der Waals surface area contributed by atoms with E-state index < -0.39 is 0 Å².